The molecule has 0 heterocycles. The first-order valence-electron chi connectivity index (χ1n) is 6.06. The Morgan fingerprint density at radius 2 is 1.71 bits per heavy atom. The molecule has 0 saturated heterocycles. The molecule has 2 rings (SSSR count). The van der Waals surface area contributed by atoms with E-state index in [0.29, 0.717) is 6.61 Å². The van der Waals surface area contributed by atoms with Gasteiger partial charge in [-0.3, -0.25) is 0 Å². The summed E-state index contributed by atoms with van der Waals surface area (Å²) in [7, 11) is 0. The number of aryl methyl sites for hydroxylation is 2. The minimum atomic E-state index is 0.653. The van der Waals surface area contributed by atoms with E-state index in [9.17, 15) is 0 Å². The van der Waals surface area contributed by atoms with Crippen LogP contribution in [0.5, 0.6) is 5.75 Å². The molecule has 0 radical (unpaired) electrons. The fourth-order valence-electron chi connectivity index (χ4n) is 1.97. The van der Waals surface area contributed by atoms with Crippen molar-refractivity contribution in [2.75, 3.05) is 0 Å². The zero-order valence-corrected chi connectivity index (χ0v) is 10.4. The molecule has 0 aliphatic carbocycles. The molecule has 0 N–H and O–H groups in total. The van der Waals surface area contributed by atoms with Crippen LogP contribution in [0.4, 0.5) is 0 Å². The lowest BCUT2D eigenvalue weighted by atomic mass is 10.0. The minimum absolute atomic E-state index is 0.653. The predicted octanol–water partition coefficient (Wildman–Crippen LogP) is 4.14. The maximum atomic E-state index is 5.82. The highest BCUT2D eigenvalue weighted by Gasteiger charge is 2.04. The van der Waals surface area contributed by atoms with Crippen molar-refractivity contribution in [1.29, 1.82) is 0 Å². The fraction of sp³-hybridized carbons (Fsp3) is 0.250. The third-order valence-electron chi connectivity index (χ3n) is 3.01. The third-order valence-corrected chi connectivity index (χ3v) is 3.01. The van der Waals surface area contributed by atoms with Gasteiger partial charge in [0.2, 0.25) is 0 Å². The van der Waals surface area contributed by atoms with Crippen molar-refractivity contribution in [2.24, 2.45) is 0 Å². The summed E-state index contributed by atoms with van der Waals surface area (Å²) in [6, 6.07) is 16.4. The SMILES string of the molecule is CCc1cccc(C)c1COc1ccccc1. The van der Waals surface area contributed by atoms with Gasteiger partial charge in [0.25, 0.3) is 0 Å². The van der Waals surface area contributed by atoms with E-state index in [1.54, 1.807) is 0 Å². The maximum absolute atomic E-state index is 5.82. The molecule has 0 aliphatic rings. The largest absolute Gasteiger partial charge is 0.489 e. The zero-order valence-electron chi connectivity index (χ0n) is 10.4. The molecule has 0 aliphatic heterocycles. The van der Waals surface area contributed by atoms with Crippen LogP contribution < -0.4 is 4.74 Å². The molecule has 0 bridgehead atoms. The van der Waals surface area contributed by atoms with Crippen LogP contribution in [0, 0.1) is 6.92 Å². The van der Waals surface area contributed by atoms with Crippen LogP contribution in [-0.4, -0.2) is 0 Å². The van der Waals surface area contributed by atoms with E-state index in [1.165, 1.54) is 16.7 Å². The van der Waals surface area contributed by atoms with Gasteiger partial charge in [-0.05, 0) is 42.2 Å². The summed E-state index contributed by atoms with van der Waals surface area (Å²) < 4.78 is 5.82. The Morgan fingerprint density at radius 1 is 0.941 bits per heavy atom. The van der Waals surface area contributed by atoms with E-state index < -0.39 is 0 Å². The molecule has 0 unspecified atom stereocenters. The van der Waals surface area contributed by atoms with E-state index in [0.717, 1.165) is 12.2 Å². The van der Waals surface area contributed by atoms with Crippen molar-refractivity contribution in [1.82, 2.24) is 0 Å². The predicted molar refractivity (Wildman–Crippen MR) is 71.3 cm³/mol. The molecule has 1 heteroatoms. The van der Waals surface area contributed by atoms with Crippen molar-refractivity contribution in [2.45, 2.75) is 26.9 Å². The summed E-state index contributed by atoms with van der Waals surface area (Å²) in [5, 5.41) is 0. The number of benzene rings is 2. The molecule has 0 saturated carbocycles. The standard InChI is InChI=1S/C16H18O/c1-3-14-9-7-8-13(2)16(14)12-17-15-10-5-4-6-11-15/h4-11H,3,12H2,1-2H3. The Kier molecular flexibility index (Phi) is 3.81. The first-order valence-corrected chi connectivity index (χ1v) is 6.06. The number of para-hydroxylation sites is 1. The van der Waals surface area contributed by atoms with E-state index in [-0.39, 0.29) is 0 Å². The quantitative estimate of drug-likeness (QED) is 0.761. The average Bonchev–Trinajstić information content (AvgIpc) is 2.38. The van der Waals surface area contributed by atoms with Crippen LogP contribution in [0.1, 0.15) is 23.6 Å². The van der Waals surface area contributed by atoms with Crippen LogP contribution in [0.3, 0.4) is 0 Å². The average molecular weight is 226 g/mol. The molecule has 0 amide bonds. The van der Waals surface area contributed by atoms with Crippen LogP contribution in [-0.2, 0) is 13.0 Å². The molecular weight excluding hydrogens is 208 g/mol. The van der Waals surface area contributed by atoms with Gasteiger partial charge < -0.3 is 4.74 Å². The molecule has 1 nitrogen and oxygen atoms in total. The zero-order chi connectivity index (χ0) is 12.1. The molecule has 2 aromatic carbocycles. The number of hydrogen-bond acceptors (Lipinski definition) is 1. The molecule has 0 atom stereocenters. The summed E-state index contributed by atoms with van der Waals surface area (Å²) in [5.74, 6) is 0.929. The monoisotopic (exact) mass is 226 g/mol. The van der Waals surface area contributed by atoms with Crippen LogP contribution in [0.2, 0.25) is 0 Å². The van der Waals surface area contributed by atoms with Crippen LogP contribution in [0.15, 0.2) is 48.5 Å². The van der Waals surface area contributed by atoms with Crippen molar-refractivity contribution >= 4 is 0 Å². The van der Waals surface area contributed by atoms with Crippen molar-refractivity contribution < 1.29 is 4.74 Å². The van der Waals surface area contributed by atoms with E-state index in [2.05, 4.69) is 32.0 Å². The summed E-state index contributed by atoms with van der Waals surface area (Å²) >= 11 is 0. The van der Waals surface area contributed by atoms with Gasteiger partial charge in [0.05, 0.1) is 0 Å². The summed E-state index contributed by atoms with van der Waals surface area (Å²) in [5.41, 5.74) is 4.00. The molecule has 2 aromatic rings. The highest BCUT2D eigenvalue weighted by molar-refractivity contribution is 5.34. The Labute approximate surface area is 103 Å². The highest BCUT2D eigenvalue weighted by Crippen LogP contribution is 2.18. The molecule has 88 valence electrons. The Hall–Kier alpha value is -1.76. The van der Waals surface area contributed by atoms with Crippen molar-refractivity contribution in [3.63, 3.8) is 0 Å². The highest BCUT2D eigenvalue weighted by atomic mass is 16.5. The van der Waals surface area contributed by atoms with Gasteiger partial charge in [0.1, 0.15) is 12.4 Å². The van der Waals surface area contributed by atoms with Gasteiger partial charge in [0.15, 0.2) is 0 Å². The molecule has 0 spiro atoms. The maximum Gasteiger partial charge on any atom is 0.119 e. The van der Waals surface area contributed by atoms with Gasteiger partial charge in [-0.2, -0.15) is 0 Å². The lowest BCUT2D eigenvalue weighted by molar-refractivity contribution is 0.304. The number of rotatable bonds is 4. The van der Waals surface area contributed by atoms with Gasteiger partial charge in [-0.25, -0.2) is 0 Å². The first kappa shape index (κ1) is 11.7. The van der Waals surface area contributed by atoms with Crippen LogP contribution in [0.25, 0.3) is 0 Å². The van der Waals surface area contributed by atoms with E-state index in [4.69, 9.17) is 4.74 Å². The molecule has 0 aromatic heterocycles. The summed E-state index contributed by atoms with van der Waals surface area (Å²) in [4.78, 5) is 0. The normalized spacial score (nSPS) is 10.2. The van der Waals surface area contributed by atoms with Crippen molar-refractivity contribution in [3.05, 3.63) is 65.2 Å². The first-order chi connectivity index (χ1) is 8.31. The van der Waals surface area contributed by atoms with Gasteiger partial charge in [-0.15, -0.1) is 0 Å². The van der Waals surface area contributed by atoms with E-state index >= 15 is 0 Å². The number of ether oxygens (including phenoxy) is 1. The second-order valence-electron chi connectivity index (χ2n) is 4.17. The summed E-state index contributed by atoms with van der Waals surface area (Å²) in [6.45, 7) is 4.98. The fourth-order valence-corrected chi connectivity index (χ4v) is 1.97. The Morgan fingerprint density at radius 3 is 2.41 bits per heavy atom. The topological polar surface area (TPSA) is 9.23 Å². The second-order valence-corrected chi connectivity index (χ2v) is 4.17. The minimum Gasteiger partial charge on any atom is -0.489 e. The molecular formula is C16H18O. The lowest BCUT2D eigenvalue weighted by Crippen LogP contribution is -2.02. The van der Waals surface area contributed by atoms with Crippen LogP contribution >= 0.6 is 0 Å². The van der Waals surface area contributed by atoms with Crippen molar-refractivity contribution in [3.8, 4) is 5.75 Å². The van der Waals surface area contributed by atoms with Gasteiger partial charge >= 0.3 is 0 Å². The summed E-state index contributed by atoms with van der Waals surface area (Å²) in [6.07, 6.45) is 1.05. The van der Waals surface area contributed by atoms with Gasteiger partial charge in [0, 0.05) is 0 Å². The second kappa shape index (κ2) is 5.53. The Balaban J connectivity index is 2.14. The smallest absolute Gasteiger partial charge is 0.119 e. The number of hydrogen-bond donors (Lipinski definition) is 0. The third kappa shape index (κ3) is 2.88. The lowest BCUT2D eigenvalue weighted by Gasteiger charge is -2.12. The van der Waals surface area contributed by atoms with E-state index in [1.807, 2.05) is 30.3 Å². The molecule has 0 fully saturated rings. The van der Waals surface area contributed by atoms with Gasteiger partial charge in [-0.1, -0.05) is 43.3 Å². The Bertz CT molecular complexity index is 474. The molecule has 17 heavy (non-hydrogen) atoms.